The van der Waals surface area contributed by atoms with Gasteiger partial charge >= 0.3 is 0 Å². The monoisotopic (exact) mass is 312 g/mol. The summed E-state index contributed by atoms with van der Waals surface area (Å²) < 4.78 is 5.16. The van der Waals surface area contributed by atoms with Gasteiger partial charge in [-0.15, -0.1) is 0 Å². The Morgan fingerprint density at radius 2 is 2.04 bits per heavy atom. The predicted octanol–water partition coefficient (Wildman–Crippen LogP) is 1.02. The van der Waals surface area contributed by atoms with Gasteiger partial charge in [0.2, 0.25) is 5.91 Å². The molecule has 118 valence electrons. The summed E-state index contributed by atoms with van der Waals surface area (Å²) in [7, 11) is 0. The molecule has 0 saturated carbocycles. The lowest BCUT2D eigenvalue weighted by Gasteiger charge is -2.20. The van der Waals surface area contributed by atoms with Crippen LogP contribution in [0.4, 0.5) is 5.69 Å². The Kier molecular flexibility index (Phi) is 4.09. The summed E-state index contributed by atoms with van der Waals surface area (Å²) in [5, 5.41) is 8.47. The van der Waals surface area contributed by atoms with Crippen LogP contribution in [-0.4, -0.2) is 23.6 Å². The number of nitrogens with one attached hydrogen (secondary N) is 1. The molecule has 3 rings (SSSR count). The molecule has 3 N–H and O–H groups in total. The number of hydrazone groups is 1. The Bertz CT molecular complexity index is 725. The van der Waals surface area contributed by atoms with Gasteiger partial charge in [0.05, 0.1) is 18.5 Å². The van der Waals surface area contributed by atoms with Gasteiger partial charge in [-0.2, -0.15) is 5.10 Å². The first kappa shape index (κ1) is 14.8. The zero-order valence-electron chi connectivity index (χ0n) is 12.3. The normalized spacial score (nSPS) is 17.0. The summed E-state index contributed by atoms with van der Waals surface area (Å²) in [4.78, 5) is 23.9. The molecule has 0 bridgehead atoms. The van der Waals surface area contributed by atoms with Crippen LogP contribution in [0.1, 0.15) is 12.2 Å². The summed E-state index contributed by atoms with van der Waals surface area (Å²) in [5.41, 5.74) is 6.42. The minimum Gasteiger partial charge on any atom is -0.467 e. The third-order valence-corrected chi connectivity index (χ3v) is 3.52. The SMILES string of the molecule is NC(=O)[C@@H]1CC(C(=O)NCc2ccco2)=NN1c1ccccc1. The van der Waals surface area contributed by atoms with Crippen molar-refractivity contribution in [3.05, 3.63) is 54.5 Å². The largest absolute Gasteiger partial charge is 0.467 e. The lowest BCUT2D eigenvalue weighted by atomic mass is 10.1. The van der Waals surface area contributed by atoms with Crippen LogP contribution in [-0.2, 0) is 16.1 Å². The molecule has 23 heavy (non-hydrogen) atoms. The molecule has 0 saturated heterocycles. The average molecular weight is 312 g/mol. The van der Waals surface area contributed by atoms with E-state index in [1.165, 1.54) is 11.3 Å². The molecule has 0 radical (unpaired) electrons. The minimum absolute atomic E-state index is 0.175. The molecule has 1 atom stereocenters. The van der Waals surface area contributed by atoms with E-state index in [2.05, 4.69) is 10.4 Å². The summed E-state index contributed by atoms with van der Waals surface area (Å²) in [5.74, 6) is -0.221. The number of primary amides is 1. The van der Waals surface area contributed by atoms with Gasteiger partial charge in [0.25, 0.3) is 5.91 Å². The lowest BCUT2D eigenvalue weighted by molar-refractivity contribution is -0.119. The van der Waals surface area contributed by atoms with E-state index in [1.807, 2.05) is 30.3 Å². The molecule has 0 spiro atoms. The van der Waals surface area contributed by atoms with Gasteiger partial charge in [-0.05, 0) is 24.3 Å². The molecule has 1 aromatic carbocycles. The zero-order valence-corrected chi connectivity index (χ0v) is 12.3. The first-order valence-corrected chi connectivity index (χ1v) is 7.17. The fourth-order valence-electron chi connectivity index (χ4n) is 2.37. The third kappa shape index (κ3) is 3.23. The zero-order chi connectivity index (χ0) is 16.2. The van der Waals surface area contributed by atoms with E-state index >= 15 is 0 Å². The highest BCUT2D eigenvalue weighted by Gasteiger charge is 2.34. The highest BCUT2D eigenvalue weighted by molar-refractivity contribution is 6.40. The molecule has 2 amide bonds. The van der Waals surface area contributed by atoms with Gasteiger partial charge in [-0.25, -0.2) is 0 Å². The van der Waals surface area contributed by atoms with Crippen molar-refractivity contribution in [1.82, 2.24) is 5.32 Å². The molecular formula is C16H16N4O3. The van der Waals surface area contributed by atoms with Gasteiger partial charge in [0, 0.05) is 6.42 Å². The minimum atomic E-state index is -0.665. The molecule has 1 aliphatic heterocycles. The van der Waals surface area contributed by atoms with Gasteiger partial charge < -0.3 is 15.5 Å². The number of benzene rings is 1. The van der Waals surface area contributed by atoms with Crippen molar-refractivity contribution in [3.8, 4) is 0 Å². The van der Waals surface area contributed by atoms with Crippen LogP contribution >= 0.6 is 0 Å². The van der Waals surface area contributed by atoms with Crippen LogP contribution in [0.15, 0.2) is 58.2 Å². The second-order valence-electron chi connectivity index (χ2n) is 5.11. The maximum atomic E-state index is 12.2. The molecular weight excluding hydrogens is 296 g/mol. The number of hydrogen-bond acceptors (Lipinski definition) is 5. The van der Waals surface area contributed by atoms with Crippen LogP contribution in [0, 0.1) is 0 Å². The van der Waals surface area contributed by atoms with Crippen LogP contribution in [0.2, 0.25) is 0 Å². The number of rotatable bonds is 5. The lowest BCUT2D eigenvalue weighted by Crippen LogP contribution is -2.39. The van der Waals surface area contributed by atoms with Crippen LogP contribution < -0.4 is 16.1 Å². The second-order valence-corrected chi connectivity index (χ2v) is 5.11. The van der Waals surface area contributed by atoms with Crippen molar-refractivity contribution in [2.24, 2.45) is 10.8 Å². The Morgan fingerprint density at radius 3 is 2.70 bits per heavy atom. The third-order valence-electron chi connectivity index (χ3n) is 3.52. The van der Waals surface area contributed by atoms with Crippen molar-refractivity contribution in [1.29, 1.82) is 0 Å². The van der Waals surface area contributed by atoms with Crippen molar-refractivity contribution < 1.29 is 14.0 Å². The molecule has 2 aromatic rings. The van der Waals surface area contributed by atoms with Gasteiger partial charge in [-0.1, -0.05) is 18.2 Å². The van der Waals surface area contributed by atoms with E-state index in [0.717, 1.165) is 0 Å². The van der Waals surface area contributed by atoms with E-state index in [-0.39, 0.29) is 24.6 Å². The van der Waals surface area contributed by atoms with Crippen LogP contribution in [0.25, 0.3) is 0 Å². The fraction of sp³-hybridized carbons (Fsp3) is 0.188. The number of nitrogens with two attached hydrogens (primary N) is 1. The number of hydrogen-bond donors (Lipinski definition) is 2. The second kappa shape index (κ2) is 6.35. The summed E-state index contributed by atoms with van der Waals surface area (Å²) in [6.07, 6.45) is 1.71. The van der Waals surface area contributed by atoms with Crippen molar-refractivity contribution in [2.75, 3.05) is 5.01 Å². The highest BCUT2D eigenvalue weighted by atomic mass is 16.3. The maximum Gasteiger partial charge on any atom is 0.267 e. The molecule has 2 heterocycles. The Balaban J connectivity index is 1.74. The molecule has 1 aliphatic rings. The number of nitrogens with zero attached hydrogens (tertiary/aromatic N) is 2. The topological polar surface area (TPSA) is 101 Å². The predicted molar refractivity (Wildman–Crippen MR) is 84.5 cm³/mol. The van der Waals surface area contributed by atoms with Gasteiger partial charge in [0.15, 0.2) is 0 Å². The fourth-order valence-corrected chi connectivity index (χ4v) is 2.37. The molecule has 1 aromatic heterocycles. The first-order chi connectivity index (χ1) is 11.1. The van der Waals surface area contributed by atoms with Crippen molar-refractivity contribution in [3.63, 3.8) is 0 Å². The summed E-state index contributed by atoms with van der Waals surface area (Å²) >= 11 is 0. The molecule has 0 fully saturated rings. The number of furan rings is 1. The maximum absolute atomic E-state index is 12.2. The molecule has 0 aliphatic carbocycles. The van der Waals surface area contributed by atoms with E-state index in [1.54, 1.807) is 12.1 Å². The average Bonchev–Trinajstić information content (AvgIpc) is 3.23. The Morgan fingerprint density at radius 1 is 1.26 bits per heavy atom. The summed E-state index contributed by atoms with van der Waals surface area (Å²) in [6, 6.07) is 12.0. The van der Waals surface area contributed by atoms with Crippen LogP contribution in [0.5, 0.6) is 0 Å². The number of amides is 2. The smallest absolute Gasteiger partial charge is 0.267 e. The van der Waals surface area contributed by atoms with E-state index in [9.17, 15) is 9.59 Å². The Hall–Kier alpha value is -3.09. The number of anilines is 1. The standard InChI is InChI=1S/C16H16N4O3/c17-15(21)14-9-13(16(22)18-10-12-7-4-8-23-12)19-20(14)11-5-2-1-3-6-11/h1-8,14H,9-10H2,(H2,17,21)(H,18,22)/t14-/m0/s1. The van der Waals surface area contributed by atoms with Gasteiger partial charge in [0.1, 0.15) is 17.5 Å². The number of para-hydroxylation sites is 1. The highest BCUT2D eigenvalue weighted by Crippen LogP contribution is 2.24. The van der Waals surface area contributed by atoms with Crippen molar-refractivity contribution in [2.45, 2.75) is 19.0 Å². The van der Waals surface area contributed by atoms with E-state index in [0.29, 0.717) is 11.4 Å². The molecule has 0 unspecified atom stereocenters. The van der Waals surface area contributed by atoms with E-state index in [4.69, 9.17) is 10.2 Å². The number of carbonyl (C=O) groups is 2. The Labute approximate surface area is 132 Å². The molecule has 7 nitrogen and oxygen atoms in total. The quantitative estimate of drug-likeness (QED) is 0.860. The van der Waals surface area contributed by atoms with Gasteiger partial charge in [-0.3, -0.25) is 14.6 Å². The van der Waals surface area contributed by atoms with Crippen molar-refractivity contribution >= 4 is 23.2 Å². The first-order valence-electron chi connectivity index (χ1n) is 7.17. The molecule has 7 heteroatoms. The summed E-state index contributed by atoms with van der Waals surface area (Å²) in [6.45, 7) is 0.261. The number of carbonyl (C=O) groups excluding carboxylic acids is 2. The van der Waals surface area contributed by atoms with E-state index < -0.39 is 11.9 Å². The van der Waals surface area contributed by atoms with Crippen LogP contribution in [0.3, 0.4) is 0 Å².